The topological polar surface area (TPSA) is 29.1 Å². The van der Waals surface area contributed by atoms with Crippen LogP contribution in [0.25, 0.3) is 0 Å². The van der Waals surface area contributed by atoms with Crippen LogP contribution in [0, 0.1) is 23.7 Å². The van der Waals surface area contributed by atoms with Crippen LogP contribution in [-0.2, 0) is 4.79 Å². The third-order valence-electron chi connectivity index (χ3n) is 3.54. The molecule has 1 amide bonds. The zero-order chi connectivity index (χ0) is 15.7. The van der Waals surface area contributed by atoms with Crippen LogP contribution in [0.4, 0.5) is 0 Å². The molecule has 0 aromatic rings. The van der Waals surface area contributed by atoms with Gasteiger partial charge in [0, 0.05) is 19.3 Å². The van der Waals surface area contributed by atoms with E-state index < -0.39 is 19.3 Å². The molecule has 1 unspecified atom stereocenters. The molecule has 0 aliphatic heterocycles. The van der Waals surface area contributed by atoms with Crippen molar-refractivity contribution in [3.63, 3.8) is 0 Å². The number of carbonyl (C=O) groups excluding carboxylic acids is 1. The molecule has 0 spiro atoms. The number of amides is 1. The lowest BCUT2D eigenvalue weighted by molar-refractivity contribution is -0.129. The average molecular weight is 216 g/mol. The quantitative estimate of drug-likeness (QED) is 0.772. The monoisotopic (exact) mass is 216 g/mol. The molecule has 0 saturated heterocycles. The summed E-state index contributed by atoms with van der Waals surface area (Å²) in [6.07, 6.45) is 2.71. The Hall–Kier alpha value is -0.530. The predicted octanol–water partition coefficient (Wildman–Crippen LogP) is 2.83. The summed E-state index contributed by atoms with van der Waals surface area (Å²) >= 11 is 0. The number of hydrogen-bond donors (Lipinski definition) is 1. The second-order valence-electron chi connectivity index (χ2n) is 5.05. The lowest BCUT2D eigenvalue weighted by Crippen LogP contribution is -2.40. The number of nitrogens with one attached hydrogen (secondary N) is 1. The second-order valence-corrected chi connectivity index (χ2v) is 5.05. The summed E-state index contributed by atoms with van der Waals surface area (Å²) in [4.78, 5) is 12.3. The Balaban J connectivity index is 2.83. The van der Waals surface area contributed by atoms with E-state index in [-0.39, 0.29) is 11.8 Å². The van der Waals surface area contributed by atoms with Gasteiger partial charge in [-0.15, -0.1) is 0 Å². The SMILES string of the molecule is [2H]C([2H])([2H])C([2H])([2H])NC(=O)C1C[C@@H](C)CC[C@@H]1C(C)C. The minimum absolute atomic E-state index is 0.193. The fourth-order valence-electron chi connectivity index (χ4n) is 2.66. The van der Waals surface area contributed by atoms with Gasteiger partial charge < -0.3 is 5.32 Å². The van der Waals surface area contributed by atoms with Crippen LogP contribution in [-0.4, -0.2) is 12.4 Å². The van der Waals surface area contributed by atoms with Crippen molar-refractivity contribution in [3.05, 3.63) is 0 Å². The Bertz CT molecular complexity index is 353. The fourth-order valence-corrected chi connectivity index (χ4v) is 2.66. The van der Waals surface area contributed by atoms with Crippen LogP contribution in [0.15, 0.2) is 0 Å². The molecule has 1 aliphatic rings. The zero-order valence-corrected chi connectivity index (χ0v) is 9.84. The number of carbonyl (C=O) groups is 1. The van der Waals surface area contributed by atoms with E-state index in [0.29, 0.717) is 18.3 Å². The van der Waals surface area contributed by atoms with Crippen molar-refractivity contribution in [2.45, 2.75) is 46.9 Å². The first-order chi connectivity index (χ1) is 8.95. The largest absolute Gasteiger partial charge is 0.356 e. The summed E-state index contributed by atoms with van der Waals surface area (Å²) < 4.78 is 36.5. The number of rotatable bonds is 3. The van der Waals surface area contributed by atoms with Gasteiger partial charge in [-0.05, 0) is 37.4 Å². The second kappa shape index (κ2) is 5.53. The van der Waals surface area contributed by atoms with E-state index in [0.717, 1.165) is 12.8 Å². The van der Waals surface area contributed by atoms with Crippen LogP contribution >= 0.6 is 0 Å². The molecule has 2 nitrogen and oxygen atoms in total. The molecule has 3 atom stereocenters. The van der Waals surface area contributed by atoms with Gasteiger partial charge in [0.2, 0.25) is 5.91 Å². The summed E-state index contributed by atoms with van der Waals surface area (Å²) in [5, 5.41) is 2.10. The maximum absolute atomic E-state index is 12.3. The van der Waals surface area contributed by atoms with Gasteiger partial charge in [0.15, 0.2) is 0 Å². The van der Waals surface area contributed by atoms with Crippen molar-refractivity contribution in [3.8, 4) is 0 Å². The maximum atomic E-state index is 12.3. The molecule has 1 fully saturated rings. The van der Waals surface area contributed by atoms with Crippen molar-refractivity contribution in [1.29, 1.82) is 0 Å². The molecule has 0 bridgehead atoms. The van der Waals surface area contributed by atoms with Gasteiger partial charge in [-0.25, -0.2) is 0 Å². The van der Waals surface area contributed by atoms with Gasteiger partial charge in [0.05, 0.1) is 0 Å². The normalized spacial score (nSPS) is 38.4. The molecule has 0 aromatic heterocycles. The first-order valence-corrected chi connectivity index (χ1v) is 5.77. The van der Waals surface area contributed by atoms with Gasteiger partial charge >= 0.3 is 0 Å². The van der Waals surface area contributed by atoms with E-state index >= 15 is 0 Å². The molecule has 1 aliphatic carbocycles. The Kier molecular flexibility index (Phi) is 2.55. The summed E-state index contributed by atoms with van der Waals surface area (Å²) in [6, 6.07) is 0. The molecule has 2 heteroatoms. The standard InChI is InChI=1S/C13H25NO/c1-5-14-13(15)12-8-10(4)6-7-11(12)9(2)3/h9-12H,5-8H2,1-4H3,(H,14,15)/t10-,11+,12?/m0/s1/i1D3,5D2. The van der Waals surface area contributed by atoms with Crippen LogP contribution in [0.1, 0.15) is 53.7 Å². The van der Waals surface area contributed by atoms with Gasteiger partial charge in [0.1, 0.15) is 0 Å². The lowest BCUT2D eigenvalue weighted by atomic mass is 9.70. The molecule has 15 heavy (non-hydrogen) atoms. The first-order valence-electron chi connectivity index (χ1n) is 8.27. The number of hydrogen-bond acceptors (Lipinski definition) is 1. The summed E-state index contributed by atoms with van der Waals surface area (Å²) in [6.45, 7) is 0.663. The van der Waals surface area contributed by atoms with Crippen LogP contribution < -0.4 is 5.32 Å². The van der Waals surface area contributed by atoms with Crippen LogP contribution in [0.5, 0.6) is 0 Å². The van der Waals surface area contributed by atoms with Crippen molar-refractivity contribution >= 4 is 5.91 Å². The van der Waals surface area contributed by atoms with E-state index in [1.54, 1.807) is 0 Å². The van der Waals surface area contributed by atoms with Gasteiger partial charge in [-0.2, -0.15) is 0 Å². The average Bonchev–Trinajstić information content (AvgIpc) is 2.26. The minimum Gasteiger partial charge on any atom is -0.356 e. The predicted molar refractivity (Wildman–Crippen MR) is 63.5 cm³/mol. The van der Waals surface area contributed by atoms with E-state index in [4.69, 9.17) is 6.85 Å². The van der Waals surface area contributed by atoms with Crippen LogP contribution in [0.2, 0.25) is 0 Å². The molecule has 0 aromatic carbocycles. The van der Waals surface area contributed by atoms with Crippen molar-refractivity contribution < 1.29 is 11.6 Å². The van der Waals surface area contributed by atoms with Crippen molar-refractivity contribution in [2.75, 3.05) is 6.50 Å². The molecular weight excluding hydrogens is 186 g/mol. The zero-order valence-electron chi connectivity index (χ0n) is 14.8. The highest BCUT2D eigenvalue weighted by Gasteiger charge is 2.34. The summed E-state index contributed by atoms with van der Waals surface area (Å²) in [5.41, 5.74) is 0. The van der Waals surface area contributed by atoms with Gasteiger partial charge in [-0.1, -0.05) is 27.2 Å². The highest BCUT2D eigenvalue weighted by Crippen LogP contribution is 2.37. The van der Waals surface area contributed by atoms with E-state index in [9.17, 15) is 4.79 Å². The van der Waals surface area contributed by atoms with E-state index in [1.807, 2.05) is 0 Å². The molecular formula is C13H25NO. The molecule has 0 heterocycles. The molecule has 1 N–H and O–H groups in total. The van der Waals surface area contributed by atoms with Gasteiger partial charge in [-0.3, -0.25) is 4.79 Å². The lowest BCUT2D eigenvalue weighted by Gasteiger charge is -2.36. The molecule has 0 radical (unpaired) electrons. The van der Waals surface area contributed by atoms with Gasteiger partial charge in [0.25, 0.3) is 0 Å². The van der Waals surface area contributed by atoms with E-state index in [1.165, 1.54) is 0 Å². The molecule has 1 saturated carbocycles. The fraction of sp³-hybridized carbons (Fsp3) is 0.923. The van der Waals surface area contributed by atoms with Crippen molar-refractivity contribution in [1.82, 2.24) is 5.32 Å². The highest BCUT2D eigenvalue weighted by atomic mass is 16.1. The Morgan fingerprint density at radius 2 is 2.33 bits per heavy atom. The third kappa shape index (κ3) is 3.22. The maximum Gasteiger partial charge on any atom is 0.223 e. The molecule has 1 rings (SSSR count). The minimum atomic E-state index is -2.85. The molecule has 88 valence electrons. The smallest absolute Gasteiger partial charge is 0.223 e. The Labute approximate surface area is 101 Å². The van der Waals surface area contributed by atoms with Crippen LogP contribution in [0.3, 0.4) is 0 Å². The first kappa shape index (κ1) is 6.93. The highest BCUT2D eigenvalue weighted by molar-refractivity contribution is 5.79. The summed E-state index contributed by atoms with van der Waals surface area (Å²) in [5.74, 6) is 0.183. The summed E-state index contributed by atoms with van der Waals surface area (Å²) in [7, 11) is 0. The van der Waals surface area contributed by atoms with E-state index in [2.05, 4.69) is 26.1 Å². The Morgan fingerprint density at radius 1 is 1.60 bits per heavy atom. The van der Waals surface area contributed by atoms with Crippen molar-refractivity contribution in [2.24, 2.45) is 23.7 Å². The Morgan fingerprint density at radius 3 is 2.93 bits per heavy atom. The third-order valence-corrected chi connectivity index (χ3v) is 3.54.